The van der Waals surface area contributed by atoms with E-state index >= 15 is 0 Å². The molecule has 0 bridgehead atoms. The summed E-state index contributed by atoms with van der Waals surface area (Å²) in [5.41, 5.74) is 2.80. The Kier molecular flexibility index (Phi) is 6.19. The number of nitrogens with one attached hydrogen (secondary N) is 1. The molecule has 1 aliphatic heterocycles. The molecule has 1 fully saturated rings. The van der Waals surface area contributed by atoms with Gasteiger partial charge in [-0.25, -0.2) is 8.42 Å². The molecule has 3 aromatic rings. The Labute approximate surface area is 191 Å². The molecule has 170 valence electrons. The Morgan fingerprint density at radius 3 is 2.72 bits per heavy atom. The second kappa shape index (κ2) is 8.76. The molecule has 3 heterocycles. The van der Waals surface area contributed by atoms with Crippen molar-refractivity contribution in [2.45, 2.75) is 45.4 Å². The van der Waals surface area contributed by atoms with Crippen molar-refractivity contribution in [1.82, 2.24) is 14.4 Å². The van der Waals surface area contributed by atoms with Gasteiger partial charge in [-0.2, -0.15) is 9.29 Å². The maximum absolute atomic E-state index is 13.4. The molecule has 10 heteroatoms. The first-order valence-electron chi connectivity index (χ1n) is 10.4. The number of hydrogen-bond acceptors (Lipinski definition) is 7. The highest BCUT2D eigenvalue weighted by molar-refractivity contribution is 7.89. The molecule has 1 aromatic carbocycles. The second-order valence-corrected chi connectivity index (χ2v) is 11.3. The van der Waals surface area contributed by atoms with Crippen LogP contribution in [0.1, 0.15) is 34.7 Å². The molecule has 8 nitrogen and oxygen atoms in total. The topological polar surface area (TPSA) is 105 Å². The average molecular weight is 475 g/mol. The SMILES string of the molecule is Cc1ccc(C)c(NC(=O)[C@H]2CCCN(S(=O)(=O)c3cc(-c4noc(C)n4)sc3C)C2)c1. The zero-order valence-corrected chi connectivity index (χ0v) is 20.1. The van der Waals surface area contributed by atoms with E-state index in [9.17, 15) is 13.2 Å². The van der Waals surface area contributed by atoms with E-state index in [1.54, 1.807) is 19.9 Å². The third-order valence-corrected chi connectivity index (χ3v) is 8.81. The van der Waals surface area contributed by atoms with Crippen LogP contribution in [0, 0.1) is 33.6 Å². The summed E-state index contributed by atoms with van der Waals surface area (Å²) < 4.78 is 33.3. The fourth-order valence-corrected chi connectivity index (χ4v) is 6.86. The van der Waals surface area contributed by atoms with E-state index in [1.807, 2.05) is 32.0 Å². The largest absolute Gasteiger partial charge is 0.339 e. The minimum atomic E-state index is -3.75. The van der Waals surface area contributed by atoms with Crippen LogP contribution in [0.4, 0.5) is 5.69 Å². The molecule has 1 aliphatic rings. The second-order valence-electron chi connectivity index (χ2n) is 8.18. The third kappa shape index (κ3) is 4.48. The van der Waals surface area contributed by atoms with E-state index in [1.165, 1.54) is 15.6 Å². The normalized spacial score (nSPS) is 17.4. The lowest BCUT2D eigenvalue weighted by molar-refractivity contribution is -0.120. The van der Waals surface area contributed by atoms with Gasteiger partial charge in [-0.05, 0) is 56.9 Å². The summed E-state index contributed by atoms with van der Waals surface area (Å²) in [6.07, 6.45) is 1.28. The van der Waals surface area contributed by atoms with Crippen LogP contribution in [0.25, 0.3) is 10.7 Å². The van der Waals surface area contributed by atoms with Gasteiger partial charge in [-0.1, -0.05) is 17.3 Å². The van der Waals surface area contributed by atoms with Crippen molar-refractivity contribution in [2.75, 3.05) is 18.4 Å². The number of carbonyl (C=O) groups excluding carboxylic acids is 1. The van der Waals surface area contributed by atoms with Crippen LogP contribution in [0.5, 0.6) is 0 Å². The number of anilines is 1. The van der Waals surface area contributed by atoms with Gasteiger partial charge in [0.05, 0.1) is 15.7 Å². The molecule has 1 atom stereocenters. The van der Waals surface area contributed by atoms with E-state index in [4.69, 9.17) is 4.52 Å². The highest BCUT2D eigenvalue weighted by Gasteiger charge is 2.35. The number of amides is 1. The Morgan fingerprint density at radius 2 is 2.00 bits per heavy atom. The number of sulfonamides is 1. The quantitative estimate of drug-likeness (QED) is 0.598. The Bertz CT molecular complexity index is 1260. The van der Waals surface area contributed by atoms with Gasteiger partial charge in [0.2, 0.25) is 27.6 Å². The van der Waals surface area contributed by atoms with Crippen LogP contribution in [0.3, 0.4) is 0 Å². The Morgan fingerprint density at radius 1 is 1.22 bits per heavy atom. The van der Waals surface area contributed by atoms with Gasteiger partial charge in [0.25, 0.3) is 0 Å². The predicted octanol–water partition coefficient (Wildman–Crippen LogP) is 4.07. The van der Waals surface area contributed by atoms with Crippen LogP contribution < -0.4 is 5.32 Å². The summed E-state index contributed by atoms with van der Waals surface area (Å²) in [4.78, 5) is 18.7. The standard InChI is InChI=1S/C22H26N4O4S2/c1-13-7-8-14(2)18(10-13)24-22(27)17-6-5-9-26(12-17)32(28,29)20-11-19(31-15(20)3)21-23-16(4)30-25-21/h7-8,10-11,17H,5-6,9,12H2,1-4H3,(H,24,27)/t17-/m0/s1. The number of benzene rings is 1. The van der Waals surface area contributed by atoms with E-state index in [-0.39, 0.29) is 17.3 Å². The first-order valence-corrected chi connectivity index (χ1v) is 12.7. The van der Waals surface area contributed by atoms with Crippen molar-refractivity contribution < 1.29 is 17.7 Å². The molecule has 32 heavy (non-hydrogen) atoms. The van der Waals surface area contributed by atoms with Crippen LogP contribution in [0.15, 0.2) is 33.7 Å². The fourth-order valence-electron chi connectivity index (χ4n) is 3.85. The minimum absolute atomic E-state index is 0.149. The van der Waals surface area contributed by atoms with Gasteiger partial charge in [-0.3, -0.25) is 4.79 Å². The molecule has 1 amide bonds. The molecule has 0 spiro atoms. The number of nitrogens with zero attached hydrogens (tertiary/aromatic N) is 3. The monoisotopic (exact) mass is 474 g/mol. The van der Waals surface area contributed by atoms with Gasteiger partial charge in [0, 0.05) is 30.6 Å². The lowest BCUT2D eigenvalue weighted by Gasteiger charge is -2.31. The summed E-state index contributed by atoms with van der Waals surface area (Å²) in [6.45, 7) is 7.91. The number of carbonyl (C=O) groups is 1. The van der Waals surface area contributed by atoms with Crippen molar-refractivity contribution in [1.29, 1.82) is 0 Å². The lowest BCUT2D eigenvalue weighted by Crippen LogP contribution is -2.43. The van der Waals surface area contributed by atoms with Crippen molar-refractivity contribution in [2.24, 2.45) is 5.92 Å². The number of aryl methyl sites for hydroxylation is 4. The highest BCUT2D eigenvalue weighted by Crippen LogP contribution is 2.35. The van der Waals surface area contributed by atoms with Gasteiger partial charge in [-0.15, -0.1) is 11.3 Å². The van der Waals surface area contributed by atoms with Crippen LogP contribution in [0.2, 0.25) is 0 Å². The molecule has 2 aromatic heterocycles. The maximum Gasteiger partial charge on any atom is 0.244 e. The van der Waals surface area contributed by atoms with E-state index in [0.29, 0.717) is 40.9 Å². The lowest BCUT2D eigenvalue weighted by atomic mass is 9.98. The van der Waals surface area contributed by atoms with Crippen LogP contribution in [-0.2, 0) is 14.8 Å². The molecule has 0 unspecified atom stereocenters. The van der Waals surface area contributed by atoms with Crippen LogP contribution >= 0.6 is 11.3 Å². The molecule has 0 aliphatic carbocycles. The summed E-state index contributed by atoms with van der Waals surface area (Å²) in [7, 11) is -3.75. The minimum Gasteiger partial charge on any atom is -0.339 e. The first-order chi connectivity index (χ1) is 15.1. The van der Waals surface area contributed by atoms with E-state index in [0.717, 1.165) is 16.8 Å². The van der Waals surface area contributed by atoms with Crippen molar-refractivity contribution >= 4 is 33.0 Å². The molecule has 0 saturated carbocycles. The zero-order chi connectivity index (χ0) is 23.0. The van der Waals surface area contributed by atoms with Gasteiger partial charge in [0.1, 0.15) is 0 Å². The number of thiophene rings is 1. The smallest absolute Gasteiger partial charge is 0.244 e. The van der Waals surface area contributed by atoms with Crippen molar-refractivity contribution in [3.05, 3.63) is 46.2 Å². The number of aromatic nitrogens is 2. The van der Waals surface area contributed by atoms with Gasteiger partial charge < -0.3 is 9.84 Å². The molecule has 0 radical (unpaired) electrons. The highest BCUT2D eigenvalue weighted by atomic mass is 32.2. The Balaban J connectivity index is 1.53. The number of hydrogen-bond donors (Lipinski definition) is 1. The first kappa shape index (κ1) is 22.6. The van der Waals surface area contributed by atoms with E-state index in [2.05, 4.69) is 15.5 Å². The van der Waals surface area contributed by atoms with Gasteiger partial charge >= 0.3 is 0 Å². The average Bonchev–Trinajstić information content (AvgIpc) is 3.36. The number of piperidine rings is 1. The van der Waals surface area contributed by atoms with Crippen molar-refractivity contribution in [3.8, 4) is 10.7 Å². The summed E-state index contributed by atoms with van der Waals surface area (Å²) in [6, 6.07) is 7.48. The van der Waals surface area contributed by atoms with Gasteiger partial charge in [0.15, 0.2) is 0 Å². The summed E-state index contributed by atoms with van der Waals surface area (Å²) in [5.74, 6) is 0.242. The summed E-state index contributed by atoms with van der Waals surface area (Å²) in [5, 5.41) is 6.87. The predicted molar refractivity (Wildman–Crippen MR) is 123 cm³/mol. The maximum atomic E-state index is 13.4. The molecule has 1 saturated heterocycles. The van der Waals surface area contributed by atoms with Crippen LogP contribution in [-0.4, -0.2) is 41.9 Å². The fraction of sp³-hybridized carbons (Fsp3) is 0.409. The Hall–Kier alpha value is -2.56. The van der Waals surface area contributed by atoms with E-state index < -0.39 is 15.9 Å². The van der Waals surface area contributed by atoms with Crippen molar-refractivity contribution in [3.63, 3.8) is 0 Å². The summed E-state index contributed by atoms with van der Waals surface area (Å²) >= 11 is 1.31. The molecular formula is C22H26N4O4S2. The zero-order valence-electron chi connectivity index (χ0n) is 18.5. The molecule has 4 rings (SSSR count). The molecule has 1 N–H and O–H groups in total. The molecular weight excluding hydrogens is 448 g/mol. The number of rotatable bonds is 5. The third-order valence-electron chi connectivity index (χ3n) is 5.64.